The van der Waals surface area contributed by atoms with Crippen LogP contribution < -0.4 is 10.6 Å². The van der Waals surface area contributed by atoms with Crippen LogP contribution in [0.3, 0.4) is 0 Å². The number of hydrogen-bond donors (Lipinski definition) is 1. The Morgan fingerprint density at radius 2 is 2.15 bits per heavy atom. The first kappa shape index (κ1) is 13.2. The second-order valence-corrected chi connectivity index (χ2v) is 5.76. The SMILES string of the molecule is CCC1CCCN(c2ccc3ncccc3c2N)CC1. The van der Waals surface area contributed by atoms with E-state index < -0.39 is 0 Å². The third kappa shape index (κ3) is 2.45. The van der Waals surface area contributed by atoms with E-state index in [9.17, 15) is 0 Å². The minimum Gasteiger partial charge on any atom is -0.396 e. The van der Waals surface area contributed by atoms with E-state index in [2.05, 4.69) is 35.0 Å². The molecule has 2 aromatic rings. The Balaban J connectivity index is 1.92. The van der Waals surface area contributed by atoms with Crippen molar-refractivity contribution in [3.63, 3.8) is 0 Å². The van der Waals surface area contributed by atoms with Crippen LogP contribution in [-0.4, -0.2) is 18.1 Å². The van der Waals surface area contributed by atoms with Gasteiger partial charge < -0.3 is 10.6 Å². The number of benzene rings is 1. The number of nitrogens with zero attached hydrogens (tertiary/aromatic N) is 2. The monoisotopic (exact) mass is 269 g/mol. The van der Waals surface area contributed by atoms with Crippen molar-refractivity contribution >= 4 is 22.3 Å². The predicted octanol–water partition coefficient (Wildman–Crippen LogP) is 3.83. The normalized spacial score (nSPS) is 20.1. The number of rotatable bonds is 2. The topological polar surface area (TPSA) is 42.2 Å². The minimum absolute atomic E-state index is 0.878. The molecule has 0 bridgehead atoms. The van der Waals surface area contributed by atoms with Crippen LogP contribution >= 0.6 is 0 Å². The highest BCUT2D eigenvalue weighted by molar-refractivity contribution is 5.97. The summed E-state index contributed by atoms with van der Waals surface area (Å²) >= 11 is 0. The molecule has 1 aliphatic heterocycles. The molecule has 1 aromatic heterocycles. The predicted molar refractivity (Wildman–Crippen MR) is 86.0 cm³/mol. The molecule has 0 amide bonds. The Morgan fingerprint density at radius 3 is 3.00 bits per heavy atom. The molecule has 0 aliphatic carbocycles. The Bertz CT molecular complexity index is 594. The standard InChI is InChI=1S/C17H23N3/c1-2-13-5-4-11-20(12-9-13)16-8-7-15-14(17(16)18)6-3-10-19-15/h3,6-8,10,13H,2,4-5,9,11-12,18H2,1H3. The van der Waals surface area contributed by atoms with Crippen molar-refractivity contribution in [2.24, 2.45) is 5.92 Å². The first-order valence-corrected chi connectivity index (χ1v) is 7.67. The van der Waals surface area contributed by atoms with Crippen LogP contribution in [0.25, 0.3) is 10.9 Å². The van der Waals surface area contributed by atoms with Crippen LogP contribution in [-0.2, 0) is 0 Å². The van der Waals surface area contributed by atoms with Gasteiger partial charge in [-0.05, 0) is 49.4 Å². The molecule has 2 N–H and O–H groups in total. The van der Waals surface area contributed by atoms with Gasteiger partial charge in [0.05, 0.1) is 16.9 Å². The number of nitrogens with two attached hydrogens (primary N) is 1. The number of pyridine rings is 1. The molecule has 1 atom stereocenters. The van der Waals surface area contributed by atoms with E-state index in [4.69, 9.17) is 5.73 Å². The second-order valence-electron chi connectivity index (χ2n) is 5.76. The Kier molecular flexibility index (Phi) is 3.77. The zero-order valence-corrected chi connectivity index (χ0v) is 12.2. The van der Waals surface area contributed by atoms with Gasteiger partial charge in [-0.25, -0.2) is 0 Å². The fraction of sp³-hybridized carbons (Fsp3) is 0.471. The van der Waals surface area contributed by atoms with Gasteiger partial charge in [0.15, 0.2) is 0 Å². The summed E-state index contributed by atoms with van der Waals surface area (Å²) in [6, 6.07) is 8.24. The van der Waals surface area contributed by atoms with Gasteiger partial charge in [0.1, 0.15) is 0 Å². The third-order valence-corrected chi connectivity index (χ3v) is 4.57. The van der Waals surface area contributed by atoms with Gasteiger partial charge in [0, 0.05) is 24.7 Å². The molecule has 1 fully saturated rings. The maximum absolute atomic E-state index is 6.39. The number of fused-ring (bicyclic) bond motifs is 1. The lowest BCUT2D eigenvalue weighted by Gasteiger charge is -2.25. The fourth-order valence-corrected chi connectivity index (χ4v) is 3.25. The number of hydrogen-bond acceptors (Lipinski definition) is 3. The Hall–Kier alpha value is -1.77. The molecule has 1 unspecified atom stereocenters. The largest absolute Gasteiger partial charge is 0.396 e. The van der Waals surface area contributed by atoms with Crippen LogP contribution in [0.5, 0.6) is 0 Å². The van der Waals surface area contributed by atoms with Crippen molar-refractivity contribution in [1.29, 1.82) is 0 Å². The highest BCUT2D eigenvalue weighted by Crippen LogP contribution is 2.32. The van der Waals surface area contributed by atoms with E-state index in [0.717, 1.165) is 35.6 Å². The van der Waals surface area contributed by atoms with E-state index in [-0.39, 0.29) is 0 Å². The molecule has 3 rings (SSSR count). The van der Waals surface area contributed by atoms with Crippen molar-refractivity contribution in [3.05, 3.63) is 30.5 Å². The van der Waals surface area contributed by atoms with Crippen molar-refractivity contribution in [3.8, 4) is 0 Å². The smallest absolute Gasteiger partial charge is 0.0724 e. The van der Waals surface area contributed by atoms with Gasteiger partial charge >= 0.3 is 0 Å². The van der Waals surface area contributed by atoms with Crippen molar-refractivity contribution in [2.75, 3.05) is 23.7 Å². The van der Waals surface area contributed by atoms with Crippen LogP contribution in [0.4, 0.5) is 11.4 Å². The van der Waals surface area contributed by atoms with Gasteiger partial charge in [-0.3, -0.25) is 4.98 Å². The summed E-state index contributed by atoms with van der Waals surface area (Å²) in [6.45, 7) is 4.54. The van der Waals surface area contributed by atoms with E-state index in [1.807, 2.05) is 12.3 Å². The minimum atomic E-state index is 0.878. The van der Waals surface area contributed by atoms with E-state index >= 15 is 0 Å². The maximum Gasteiger partial charge on any atom is 0.0724 e. The fourth-order valence-electron chi connectivity index (χ4n) is 3.25. The van der Waals surface area contributed by atoms with E-state index in [0.29, 0.717) is 0 Å². The van der Waals surface area contributed by atoms with Gasteiger partial charge in [-0.15, -0.1) is 0 Å². The molecule has 2 heterocycles. The number of anilines is 2. The lowest BCUT2D eigenvalue weighted by atomic mass is 9.98. The summed E-state index contributed by atoms with van der Waals surface area (Å²) in [5.74, 6) is 0.878. The van der Waals surface area contributed by atoms with E-state index in [1.54, 1.807) is 0 Å². The summed E-state index contributed by atoms with van der Waals surface area (Å²) in [5.41, 5.74) is 9.43. The van der Waals surface area contributed by atoms with Gasteiger partial charge in [0.25, 0.3) is 0 Å². The highest BCUT2D eigenvalue weighted by atomic mass is 15.1. The third-order valence-electron chi connectivity index (χ3n) is 4.57. The van der Waals surface area contributed by atoms with Gasteiger partial charge in [-0.1, -0.05) is 13.3 Å². The number of aromatic nitrogens is 1. The lowest BCUT2D eigenvalue weighted by Crippen LogP contribution is -2.25. The Labute approximate surface area is 120 Å². The molecule has 0 radical (unpaired) electrons. The van der Waals surface area contributed by atoms with Gasteiger partial charge in [0.2, 0.25) is 0 Å². The molecule has 1 saturated heterocycles. The molecular weight excluding hydrogens is 246 g/mol. The first-order valence-electron chi connectivity index (χ1n) is 7.67. The molecule has 0 spiro atoms. The molecule has 3 nitrogen and oxygen atoms in total. The second kappa shape index (κ2) is 5.70. The molecule has 106 valence electrons. The number of nitrogen functional groups attached to an aromatic ring is 1. The summed E-state index contributed by atoms with van der Waals surface area (Å²) < 4.78 is 0. The molecule has 3 heteroatoms. The van der Waals surface area contributed by atoms with Crippen molar-refractivity contribution in [2.45, 2.75) is 32.6 Å². The molecule has 20 heavy (non-hydrogen) atoms. The maximum atomic E-state index is 6.39. The Morgan fingerprint density at radius 1 is 1.25 bits per heavy atom. The zero-order chi connectivity index (χ0) is 13.9. The summed E-state index contributed by atoms with van der Waals surface area (Å²) in [4.78, 5) is 6.83. The quantitative estimate of drug-likeness (QED) is 0.842. The zero-order valence-electron chi connectivity index (χ0n) is 12.2. The molecule has 1 aliphatic rings. The molecular formula is C17H23N3. The summed E-state index contributed by atoms with van der Waals surface area (Å²) in [5, 5.41) is 1.07. The average molecular weight is 269 g/mol. The van der Waals surface area contributed by atoms with Gasteiger partial charge in [-0.2, -0.15) is 0 Å². The van der Waals surface area contributed by atoms with Crippen molar-refractivity contribution < 1.29 is 0 Å². The van der Waals surface area contributed by atoms with E-state index in [1.165, 1.54) is 31.4 Å². The van der Waals surface area contributed by atoms with Crippen LogP contribution in [0.15, 0.2) is 30.5 Å². The lowest BCUT2D eigenvalue weighted by molar-refractivity contribution is 0.459. The summed E-state index contributed by atoms with van der Waals surface area (Å²) in [6.07, 6.45) is 7.01. The average Bonchev–Trinajstić information content (AvgIpc) is 2.73. The summed E-state index contributed by atoms with van der Waals surface area (Å²) in [7, 11) is 0. The van der Waals surface area contributed by atoms with Crippen molar-refractivity contribution in [1.82, 2.24) is 4.98 Å². The molecule has 1 aromatic carbocycles. The highest BCUT2D eigenvalue weighted by Gasteiger charge is 2.18. The molecule has 0 saturated carbocycles. The van der Waals surface area contributed by atoms with Crippen LogP contribution in [0.2, 0.25) is 0 Å². The van der Waals surface area contributed by atoms with Crippen LogP contribution in [0.1, 0.15) is 32.6 Å². The van der Waals surface area contributed by atoms with Crippen LogP contribution in [0, 0.1) is 5.92 Å². The first-order chi connectivity index (χ1) is 9.79.